The summed E-state index contributed by atoms with van der Waals surface area (Å²) in [4.78, 5) is 42.3. The lowest BCUT2D eigenvalue weighted by Crippen LogP contribution is -2.44. The van der Waals surface area contributed by atoms with Crippen molar-refractivity contribution < 1.29 is 19.2 Å². The van der Waals surface area contributed by atoms with Crippen molar-refractivity contribution in [3.8, 4) is 0 Å². The average molecular weight is 408 g/mol. The van der Waals surface area contributed by atoms with Gasteiger partial charge in [-0.3, -0.25) is 14.9 Å². The number of aromatic nitrogens is 2. The molecule has 1 fully saturated rings. The van der Waals surface area contributed by atoms with E-state index in [1.54, 1.807) is 15.5 Å². The first-order chi connectivity index (χ1) is 14.5. The zero-order chi connectivity index (χ0) is 21.3. The number of non-ortho nitro benzene ring substituents is 1. The van der Waals surface area contributed by atoms with Crippen molar-refractivity contribution in [2.75, 3.05) is 13.7 Å². The predicted molar refractivity (Wildman–Crippen MR) is 108 cm³/mol. The Hall–Kier alpha value is -3.75. The normalized spacial score (nSPS) is 17.1. The third-order valence-electron chi connectivity index (χ3n) is 5.41. The van der Waals surface area contributed by atoms with Gasteiger partial charge in [-0.2, -0.15) is 0 Å². The molecule has 2 heterocycles. The summed E-state index contributed by atoms with van der Waals surface area (Å²) in [5, 5.41) is 11.1. The Kier molecular flexibility index (Phi) is 5.18. The van der Waals surface area contributed by atoms with Crippen molar-refractivity contribution >= 4 is 28.6 Å². The molecule has 2 aromatic carbocycles. The first kappa shape index (κ1) is 19.6. The summed E-state index contributed by atoms with van der Waals surface area (Å²) in [6.45, 7) is 0.458. The molecule has 1 amide bonds. The Morgan fingerprint density at radius 1 is 1.23 bits per heavy atom. The van der Waals surface area contributed by atoms with E-state index in [-0.39, 0.29) is 11.6 Å². The number of carbonyl (C=O) groups is 2. The van der Waals surface area contributed by atoms with Gasteiger partial charge in [0.25, 0.3) is 11.6 Å². The Morgan fingerprint density at radius 2 is 2.00 bits per heavy atom. The summed E-state index contributed by atoms with van der Waals surface area (Å²) in [5.41, 5.74) is 1.68. The Labute approximate surface area is 172 Å². The fraction of sp³-hybridized carbons (Fsp3) is 0.286. The second kappa shape index (κ2) is 7.94. The number of methoxy groups -OCH3 is 1. The van der Waals surface area contributed by atoms with E-state index in [2.05, 4.69) is 4.98 Å². The fourth-order valence-corrected chi connectivity index (χ4v) is 3.97. The maximum atomic E-state index is 13.7. The van der Waals surface area contributed by atoms with Crippen molar-refractivity contribution in [3.63, 3.8) is 0 Å². The summed E-state index contributed by atoms with van der Waals surface area (Å²) in [6.07, 6.45) is 2.77. The molecule has 1 aromatic heterocycles. The molecular weight excluding hydrogens is 388 g/mol. The van der Waals surface area contributed by atoms with Gasteiger partial charge in [0.15, 0.2) is 0 Å². The van der Waals surface area contributed by atoms with Crippen molar-refractivity contribution in [3.05, 3.63) is 70.5 Å². The van der Waals surface area contributed by atoms with Gasteiger partial charge < -0.3 is 14.2 Å². The van der Waals surface area contributed by atoms with Crippen LogP contribution in [0.4, 0.5) is 5.69 Å². The number of hydrogen-bond donors (Lipinski definition) is 0. The van der Waals surface area contributed by atoms with Gasteiger partial charge >= 0.3 is 5.97 Å². The number of nitro benzene ring substituents is 1. The number of fused-ring (bicyclic) bond motifs is 1. The van der Waals surface area contributed by atoms with Crippen molar-refractivity contribution in [2.45, 2.75) is 24.9 Å². The molecule has 30 heavy (non-hydrogen) atoms. The van der Waals surface area contributed by atoms with Gasteiger partial charge in [-0.05, 0) is 24.5 Å². The van der Waals surface area contributed by atoms with E-state index < -0.39 is 23.0 Å². The summed E-state index contributed by atoms with van der Waals surface area (Å²) >= 11 is 0. The zero-order valence-corrected chi connectivity index (χ0v) is 16.3. The Balaban J connectivity index is 1.80. The standard InChI is InChI=1S/C21H20N4O5/c1-30-21(27)18-8-5-11-23(18)20(26)19(14-6-3-2-4-7-14)24-13-22-16-12-15(25(28)29)9-10-17(16)24/h2-4,6-7,9-10,12-13,18-19H,5,8,11H2,1H3. The Morgan fingerprint density at radius 3 is 2.70 bits per heavy atom. The van der Waals surface area contributed by atoms with Crippen LogP contribution in [0.25, 0.3) is 11.0 Å². The number of amides is 1. The molecule has 0 bridgehead atoms. The number of likely N-dealkylation sites (tertiary alicyclic amines) is 1. The van der Waals surface area contributed by atoms with E-state index in [9.17, 15) is 19.7 Å². The molecule has 3 aromatic rings. The van der Waals surface area contributed by atoms with Gasteiger partial charge in [0, 0.05) is 18.7 Å². The third-order valence-corrected chi connectivity index (χ3v) is 5.41. The topological polar surface area (TPSA) is 108 Å². The van der Waals surface area contributed by atoms with Crippen LogP contribution in [0.1, 0.15) is 24.4 Å². The number of nitrogens with zero attached hydrogens (tertiary/aromatic N) is 4. The van der Waals surface area contributed by atoms with Crippen LogP contribution in [0.15, 0.2) is 54.9 Å². The van der Waals surface area contributed by atoms with Crippen LogP contribution in [-0.4, -0.2) is 50.9 Å². The number of carbonyl (C=O) groups excluding carboxylic acids is 2. The molecule has 0 aliphatic carbocycles. The molecule has 1 aliphatic rings. The molecular formula is C21H20N4O5. The van der Waals surface area contributed by atoms with Gasteiger partial charge in [0.05, 0.1) is 29.4 Å². The first-order valence-electron chi connectivity index (χ1n) is 9.55. The lowest BCUT2D eigenvalue weighted by atomic mass is 10.0. The SMILES string of the molecule is COC(=O)C1CCCN1C(=O)C(c1ccccc1)n1cnc2cc([N+](=O)[O-])ccc21. The highest BCUT2D eigenvalue weighted by Crippen LogP contribution is 2.30. The second-order valence-corrected chi connectivity index (χ2v) is 7.11. The van der Waals surface area contributed by atoms with Gasteiger partial charge in [0.1, 0.15) is 12.1 Å². The van der Waals surface area contributed by atoms with Crippen LogP contribution in [-0.2, 0) is 14.3 Å². The lowest BCUT2D eigenvalue weighted by molar-refractivity contribution is -0.384. The average Bonchev–Trinajstić information content (AvgIpc) is 3.41. The van der Waals surface area contributed by atoms with E-state index in [0.29, 0.717) is 30.4 Å². The van der Waals surface area contributed by atoms with Crippen LogP contribution in [0.5, 0.6) is 0 Å². The number of rotatable bonds is 5. The maximum Gasteiger partial charge on any atom is 0.328 e. The van der Waals surface area contributed by atoms with Crippen LogP contribution in [0, 0.1) is 10.1 Å². The molecule has 0 spiro atoms. The van der Waals surface area contributed by atoms with Crippen molar-refractivity contribution in [1.29, 1.82) is 0 Å². The predicted octanol–water partition coefficient (Wildman–Crippen LogP) is 2.70. The number of ether oxygens (including phenoxy) is 1. The van der Waals surface area contributed by atoms with E-state index in [1.165, 1.54) is 25.6 Å². The first-order valence-corrected chi connectivity index (χ1v) is 9.55. The van der Waals surface area contributed by atoms with Gasteiger partial charge in [0.2, 0.25) is 0 Å². The van der Waals surface area contributed by atoms with Gasteiger partial charge in [-0.1, -0.05) is 30.3 Å². The van der Waals surface area contributed by atoms with E-state index >= 15 is 0 Å². The molecule has 9 nitrogen and oxygen atoms in total. The smallest absolute Gasteiger partial charge is 0.328 e. The summed E-state index contributed by atoms with van der Waals surface area (Å²) in [5.74, 6) is -0.675. The fourth-order valence-electron chi connectivity index (χ4n) is 3.97. The van der Waals surface area contributed by atoms with E-state index in [0.717, 1.165) is 5.56 Å². The van der Waals surface area contributed by atoms with Crippen molar-refractivity contribution in [1.82, 2.24) is 14.5 Å². The number of nitro groups is 1. The summed E-state index contributed by atoms with van der Waals surface area (Å²) in [6, 6.07) is 12.2. The van der Waals surface area contributed by atoms with Crippen molar-refractivity contribution in [2.24, 2.45) is 0 Å². The molecule has 2 unspecified atom stereocenters. The zero-order valence-electron chi connectivity index (χ0n) is 16.3. The lowest BCUT2D eigenvalue weighted by Gasteiger charge is -2.28. The van der Waals surface area contributed by atoms with Crippen LogP contribution < -0.4 is 0 Å². The highest BCUT2D eigenvalue weighted by atomic mass is 16.6. The molecule has 4 rings (SSSR count). The quantitative estimate of drug-likeness (QED) is 0.365. The molecule has 0 N–H and O–H groups in total. The minimum Gasteiger partial charge on any atom is -0.467 e. The summed E-state index contributed by atoms with van der Waals surface area (Å²) in [7, 11) is 1.31. The molecule has 1 aliphatic heterocycles. The van der Waals surface area contributed by atoms with E-state index in [4.69, 9.17) is 4.74 Å². The molecule has 2 atom stereocenters. The minimum absolute atomic E-state index is 0.0689. The second-order valence-electron chi connectivity index (χ2n) is 7.11. The monoisotopic (exact) mass is 408 g/mol. The largest absolute Gasteiger partial charge is 0.467 e. The molecule has 154 valence electrons. The van der Waals surface area contributed by atoms with E-state index in [1.807, 2.05) is 30.3 Å². The van der Waals surface area contributed by atoms with Gasteiger partial charge in [-0.15, -0.1) is 0 Å². The van der Waals surface area contributed by atoms with Crippen LogP contribution in [0.3, 0.4) is 0 Å². The highest BCUT2D eigenvalue weighted by molar-refractivity contribution is 5.91. The highest BCUT2D eigenvalue weighted by Gasteiger charge is 2.39. The number of esters is 1. The number of hydrogen-bond acceptors (Lipinski definition) is 6. The molecule has 9 heteroatoms. The van der Waals surface area contributed by atoms with Crippen LogP contribution >= 0.6 is 0 Å². The minimum atomic E-state index is -0.761. The maximum absolute atomic E-state index is 13.7. The Bertz CT molecular complexity index is 1110. The molecule has 0 radical (unpaired) electrons. The third kappa shape index (κ3) is 3.38. The molecule has 0 saturated carbocycles. The number of benzene rings is 2. The van der Waals surface area contributed by atoms with Crippen LogP contribution in [0.2, 0.25) is 0 Å². The number of imidazole rings is 1. The summed E-state index contributed by atoms with van der Waals surface area (Å²) < 4.78 is 6.58. The van der Waals surface area contributed by atoms with Gasteiger partial charge in [-0.25, -0.2) is 9.78 Å². The molecule has 1 saturated heterocycles.